The fraction of sp³-hybridized carbons (Fsp3) is 0.600. The Labute approximate surface area is 127 Å². The molecule has 1 aliphatic carbocycles. The zero-order valence-corrected chi connectivity index (χ0v) is 13.1. The van der Waals surface area contributed by atoms with Gasteiger partial charge in [-0.1, -0.05) is 11.6 Å². The molecule has 1 atom stereocenters. The first-order valence-corrected chi connectivity index (χ1v) is 8.49. The molecular weight excluding hydrogens is 292 g/mol. The van der Waals surface area contributed by atoms with Crippen molar-refractivity contribution in [3.63, 3.8) is 0 Å². The number of aryl methyl sites for hydroxylation is 2. The van der Waals surface area contributed by atoms with Crippen molar-refractivity contribution in [2.45, 2.75) is 51.0 Å². The van der Waals surface area contributed by atoms with E-state index in [1.807, 2.05) is 0 Å². The zero-order valence-electron chi connectivity index (χ0n) is 11.5. The number of nitrogens with zero attached hydrogens (tertiary/aromatic N) is 2. The molecule has 0 amide bonds. The highest BCUT2D eigenvalue weighted by Gasteiger charge is 2.36. The molecule has 5 heteroatoms. The van der Waals surface area contributed by atoms with Crippen LogP contribution in [0.15, 0.2) is 0 Å². The molecule has 0 aromatic carbocycles. The minimum Gasteiger partial charge on any atom is -0.367 e. The van der Waals surface area contributed by atoms with Gasteiger partial charge in [0.1, 0.15) is 15.6 Å². The Hall–Kier alpha value is -0.710. The summed E-state index contributed by atoms with van der Waals surface area (Å²) in [5.74, 6) is 0.756. The lowest BCUT2D eigenvalue weighted by Crippen LogP contribution is -2.23. The van der Waals surface area contributed by atoms with E-state index in [9.17, 15) is 0 Å². The summed E-state index contributed by atoms with van der Waals surface area (Å²) in [5, 5.41) is 1.71. The van der Waals surface area contributed by atoms with Gasteiger partial charge < -0.3 is 4.74 Å². The smallest absolute Gasteiger partial charge is 0.163 e. The maximum Gasteiger partial charge on any atom is 0.163 e. The fourth-order valence-corrected chi connectivity index (χ4v) is 4.91. The lowest BCUT2D eigenvalue weighted by atomic mass is 9.97. The van der Waals surface area contributed by atoms with Crippen molar-refractivity contribution in [2.24, 2.45) is 0 Å². The van der Waals surface area contributed by atoms with Gasteiger partial charge in [0, 0.05) is 11.5 Å². The highest BCUT2D eigenvalue weighted by atomic mass is 35.5. The molecule has 2 aromatic heterocycles. The monoisotopic (exact) mass is 308 g/mol. The third kappa shape index (κ3) is 1.89. The van der Waals surface area contributed by atoms with Crippen molar-refractivity contribution in [1.29, 1.82) is 0 Å². The molecule has 1 fully saturated rings. The van der Waals surface area contributed by atoms with Crippen LogP contribution in [-0.2, 0) is 23.2 Å². The quantitative estimate of drug-likeness (QED) is 0.739. The zero-order chi connectivity index (χ0) is 13.7. The molecule has 0 N–H and O–H groups in total. The van der Waals surface area contributed by atoms with Gasteiger partial charge >= 0.3 is 0 Å². The van der Waals surface area contributed by atoms with Crippen LogP contribution < -0.4 is 0 Å². The van der Waals surface area contributed by atoms with E-state index in [1.165, 1.54) is 23.3 Å². The van der Waals surface area contributed by atoms with Gasteiger partial charge in [0.2, 0.25) is 0 Å². The van der Waals surface area contributed by atoms with E-state index in [-0.39, 0.29) is 5.60 Å². The number of fused-ring (bicyclic) bond motifs is 3. The molecule has 2 aliphatic rings. The van der Waals surface area contributed by atoms with E-state index in [1.54, 1.807) is 11.3 Å². The largest absolute Gasteiger partial charge is 0.367 e. The number of aromatic nitrogens is 2. The first-order chi connectivity index (χ1) is 9.67. The molecule has 2 aromatic rings. The topological polar surface area (TPSA) is 35.0 Å². The number of hydrogen-bond acceptors (Lipinski definition) is 4. The fourth-order valence-electron chi connectivity index (χ4n) is 3.30. The summed E-state index contributed by atoms with van der Waals surface area (Å²) in [6.07, 6.45) is 6.84. The van der Waals surface area contributed by atoms with Gasteiger partial charge in [-0.3, -0.25) is 0 Å². The molecule has 4 rings (SSSR count). The Morgan fingerprint density at radius 3 is 2.85 bits per heavy atom. The number of thiophene rings is 1. The van der Waals surface area contributed by atoms with E-state index in [0.717, 1.165) is 48.3 Å². The van der Waals surface area contributed by atoms with Gasteiger partial charge in [-0.25, -0.2) is 9.97 Å². The number of ether oxygens (including phenoxy) is 1. The van der Waals surface area contributed by atoms with Crippen molar-refractivity contribution >= 4 is 33.2 Å². The van der Waals surface area contributed by atoms with Gasteiger partial charge in [0.25, 0.3) is 0 Å². The molecule has 1 saturated heterocycles. The van der Waals surface area contributed by atoms with Crippen LogP contribution in [0.3, 0.4) is 0 Å². The first kappa shape index (κ1) is 13.0. The van der Waals surface area contributed by atoms with Crippen LogP contribution in [0.2, 0.25) is 5.15 Å². The molecule has 0 saturated carbocycles. The van der Waals surface area contributed by atoms with Crippen LogP contribution in [0.5, 0.6) is 0 Å². The summed E-state index contributed by atoms with van der Waals surface area (Å²) in [6, 6.07) is 0. The van der Waals surface area contributed by atoms with E-state index >= 15 is 0 Å². The normalized spacial score (nSPS) is 26.1. The van der Waals surface area contributed by atoms with Crippen molar-refractivity contribution in [3.8, 4) is 0 Å². The van der Waals surface area contributed by atoms with Gasteiger partial charge in [0.05, 0.1) is 5.39 Å². The van der Waals surface area contributed by atoms with Crippen molar-refractivity contribution in [2.75, 3.05) is 6.61 Å². The molecule has 1 unspecified atom stereocenters. The molecule has 20 heavy (non-hydrogen) atoms. The maximum atomic E-state index is 6.48. The molecule has 0 radical (unpaired) electrons. The van der Waals surface area contributed by atoms with Crippen LogP contribution in [0.4, 0.5) is 0 Å². The molecule has 0 bridgehead atoms. The molecular formula is C15H17ClN2OS. The van der Waals surface area contributed by atoms with Gasteiger partial charge in [-0.05, 0) is 51.0 Å². The van der Waals surface area contributed by atoms with Crippen molar-refractivity contribution in [3.05, 3.63) is 21.4 Å². The number of hydrogen-bond donors (Lipinski definition) is 0. The maximum absolute atomic E-state index is 6.48. The predicted octanol–water partition coefficient (Wildman–Crippen LogP) is 4.25. The van der Waals surface area contributed by atoms with Crippen LogP contribution >= 0.6 is 22.9 Å². The second-order valence-electron chi connectivity index (χ2n) is 5.91. The minimum atomic E-state index is -0.359. The van der Waals surface area contributed by atoms with Crippen molar-refractivity contribution < 1.29 is 4.74 Å². The van der Waals surface area contributed by atoms with E-state index in [2.05, 4.69) is 11.9 Å². The molecule has 106 valence electrons. The SMILES string of the molecule is CC1(c2nc(Cl)c3c4c(sc3n2)CCCC4)CCCO1. The lowest BCUT2D eigenvalue weighted by molar-refractivity contribution is 0.00966. The minimum absolute atomic E-state index is 0.359. The summed E-state index contributed by atoms with van der Waals surface area (Å²) < 4.78 is 5.85. The van der Waals surface area contributed by atoms with E-state index in [0.29, 0.717) is 5.15 Å². The Balaban J connectivity index is 1.90. The molecule has 3 nitrogen and oxygen atoms in total. The second-order valence-corrected chi connectivity index (χ2v) is 7.35. The lowest BCUT2D eigenvalue weighted by Gasteiger charge is -2.21. The first-order valence-electron chi connectivity index (χ1n) is 7.30. The molecule has 3 heterocycles. The van der Waals surface area contributed by atoms with Gasteiger partial charge in [-0.2, -0.15) is 0 Å². The highest BCUT2D eigenvalue weighted by Crippen LogP contribution is 2.41. The van der Waals surface area contributed by atoms with Crippen LogP contribution in [0, 0.1) is 0 Å². The Kier molecular flexibility index (Phi) is 3.02. The average molecular weight is 309 g/mol. The predicted molar refractivity (Wildman–Crippen MR) is 81.6 cm³/mol. The molecule has 1 aliphatic heterocycles. The van der Waals surface area contributed by atoms with Crippen LogP contribution in [0.25, 0.3) is 10.2 Å². The number of rotatable bonds is 1. The summed E-state index contributed by atoms with van der Waals surface area (Å²) in [5.41, 5.74) is 1.03. The highest BCUT2D eigenvalue weighted by molar-refractivity contribution is 7.19. The average Bonchev–Trinajstić information content (AvgIpc) is 3.03. The van der Waals surface area contributed by atoms with Gasteiger partial charge in [0.15, 0.2) is 5.82 Å². The second kappa shape index (κ2) is 4.65. The third-order valence-corrected chi connectivity index (χ3v) is 5.92. The van der Waals surface area contributed by atoms with E-state index in [4.69, 9.17) is 21.3 Å². The van der Waals surface area contributed by atoms with E-state index < -0.39 is 0 Å². The summed E-state index contributed by atoms with van der Waals surface area (Å²) in [4.78, 5) is 11.9. The van der Waals surface area contributed by atoms with Gasteiger partial charge in [-0.15, -0.1) is 11.3 Å². The Morgan fingerprint density at radius 1 is 1.20 bits per heavy atom. The number of halogens is 1. The standard InChI is InChI=1S/C15H17ClN2OS/c1-15(7-4-8-19-15)14-17-12(16)11-9-5-2-3-6-10(9)20-13(11)18-14/h2-8H2,1H3. The Morgan fingerprint density at radius 2 is 2.05 bits per heavy atom. The Bertz CT molecular complexity index is 676. The summed E-state index contributed by atoms with van der Waals surface area (Å²) in [6.45, 7) is 2.86. The third-order valence-electron chi connectivity index (χ3n) is 4.46. The molecule has 0 spiro atoms. The van der Waals surface area contributed by atoms with Crippen LogP contribution in [-0.4, -0.2) is 16.6 Å². The summed E-state index contributed by atoms with van der Waals surface area (Å²) in [7, 11) is 0. The summed E-state index contributed by atoms with van der Waals surface area (Å²) >= 11 is 8.28. The van der Waals surface area contributed by atoms with Crippen LogP contribution in [0.1, 0.15) is 48.9 Å². The van der Waals surface area contributed by atoms with Crippen molar-refractivity contribution in [1.82, 2.24) is 9.97 Å².